The van der Waals surface area contributed by atoms with Crippen molar-refractivity contribution < 1.29 is 0 Å². The fraction of sp³-hybridized carbons (Fsp3) is 0.400. The van der Waals surface area contributed by atoms with E-state index < -0.39 is 0 Å². The second-order valence-corrected chi connectivity index (χ2v) is 5.05. The third-order valence-electron chi connectivity index (χ3n) is 2.92. The van der Waals surface area contributed by atoms with Crippen molar-refractivity contribution in [3.63, 3.8) is 0 Å². The van der Waals surface area contributed by atoms with Crippen molar-refractivity contribution in [1.82, 2.24) is 15.0 Å². The number of hydrogen-bond acceptors (Lipinski definition) is 5. The van der Waals surface area contributed by atoms with E-state index in [4.69, 9.17) is 11.6 Å². The molecule has 0 amide bonds. The first-order valence-electron chi connectivity index (χ1n) is 7.23. The molecule has 2 rings (SSSR count). The van der Waals surface area contributed by atoms with E-state index in [1.165, 1.54) is 5.56 Å². The SMILES string of the molecule is CCCNc1nc(Cl)nc(Nc2ccccc2CCC)n1. The molecule has 0 spiro atoms. The number of halogens is 1. The molecule has 112 valence electrons. The number of anilines is 3. The Morgan fingerprint density at radius 3 is 2.52 bits per heavy atom. The van der Waals surface area contributed by atoms with Gasteiger partial charge in [0.2, 0.25) is 17.2 Å². The third kappa shape index (κ3) is 4.56. The minimum atomic E-state index is 0.180. The summed E-state index contributed by atoms with van der Waals surface area (Å²) >= 11 is 5.95. The number of hydrogen-bond donors (Lipinski definition) is 2. The van der Waals surface area contributed by atoms with Crippen molar-refractivity contribution in [3.05, 3.63) is 35.1 Å². The number of nitrogens with one attached hydrogen (secondary N) is 2. The molecule has 1 heterocycles. The van der Waals surface area contributed by atoms with Gasteiger partial charge in [0.05, 0.1) is 0 Å². The van der Waals surface area contributed by atoms with Crippen LogP contribution in [0.5, 0.6) is 0 Å². The van der Waals surface area contributed by atoms with E-state index in [-0.39, 0.29) is 5.28 Å². The summed E-state index contributed by atoms with van der Waals surface area (Å²) in [4.78, 5) is 12.5. The van der Waals surface area contributed by atoms with Crippen molar-refractivity contribution in [2.75, 3.05) is 17.2 Å². The van der Waals surface area contributed by atoms with Crippen LogP contribution in [0.15, 0.2) is 24.3 Å². The van der Waals surface area contributed by atoms with Gasteiger partial charge in [-0.2, -0.15) is 15.0 Å². The molecule has 0 radical (unpaired) electrons. The van der Waals surface area contributed by atoms with Crippen LogP contribution < -0.4 is 10.6 Å². The summed E-state index contributed by atoms with van der Waals surface area (Å²) in [6.45, 7) is 5.03. The Bertz CT molecular complexity index is 588. The van der Waals surface area contributed by atoms with Crippen LogP contribution in [0.4, 0.5) is 17.6 Å². The Morgan fingerprint density at radius 2 is 1.76 bits per heavy atom. The molecular weight excluding hydrogens is 286 g/mol. The molecule has 0 saturated carbocycles. The first kappa shape index (κ1) is 15.5. The molecule has 0 aliphatic heterocycles. The molecule has 0 saturated heterocycles. The van der Waals surface area contributed by atoms with Gasteiger partial charge in [-0.05, 0) is 36.1 Å². The van der Waals surface area contributed by atoms with Gasteiger partial charge in [0.1, 0.15) is 0 Å². The molecule has 0 fully saturated rings. The molecule has 2 N–H and O–H groups in total. The summed E-state index contributed by atoms with van der Waals surface area (Å²) in [5.41, 5.74) is 2.24. The van der Waals surface area contributed by atoms with E-state index in [2.05, 4.69) is 45.5 Å². The van der Waals surface area contributed by atoms with Crippen LogP contribution in [0.2, 0.25) is 5.28 Å². The Labute approximate surface area is 130 Å². The molecule has 0 unspecified atom stereocenters. The van der Waals surface area contributed by atoms with E-state index in [0.29, 0.717) is 11.9 Å². The van der Waals surface area contributed by atoms with Gasteiger partial charge in [0.25, 0.3) is 0 Å². The quantitative estimate of drug-likeness (QED) is 0.808. The van der Waals surface area contributed by atoms with Gasteiger partial charge < -0.3 is 10.6 Å². The van der Waals surface area contributed by atoms with Crippen molar-refractivity contribution in [2.45, 2.75) is 33.1 Å². The highest BCUT2D eigenvalue weighted by molar-refractivity contribution is 6.28. The summed E-state index contributed by atoms with van der Waals surface area (Å²) in [6.07, 6.45) is 3.08. The van der Waals surface area contributed by atoms with E-state index in [9.17, 15) is 0 Å². The fourth-order valence-electron chi connectivity index (χ4n) is 1.97. The Morgan fingerprint density at radius 1 is 1.00 bits per heavy atom. The zero-order valence-corrected chi connectivity index (χ0v) is 13.1. The maximum absolute atomic E-state index is 5.95. The van der Waals surface area contributed by atoms with Gasteiger partial charge >= 0.3 is 0 Å². The van der Waals surface area contributed by atoms with Crippen LogP contribution >= 0.6 is 11.6 Å². The molecule has 21 heavy (non-hydrogen) atoms. The van der Waals surface area contributed by atoms with Crippen LogP contribution in [-0.4, -0.2) is 21.5 Å². The van der Waals surface area contributed by atoms with Gasteiger partial charge in [-0.3, -0.25) is 0 Å². The second kappa shape index (κ2) is 7.78. The first-order chi connectivity index (χ1) is 10.2. The number of aromatic nitrogens is 3. The van der Waals surface area contributed by atoms with Gasteiger partial charge in [-0.1, -0.05) is 38.5 Å². The Balaban J connectivity index is 2.21. The van der Waals surface area contributed by atoms with E-state index in [1.54, 1.807) is 0 Å². The van der Waals surface area contributed by atoms with Crippen molar-refractivity contribution in [2.24, 2.45) is 0 Å². The molecule has 0 atom stereocenters. The smallest absolute Gasteiger partial charge is 0.233 e. The molecule has 0 aliphatic rings. The lowest BCUT2D eigenvalue weighted by molar-refractivity contribution is 0.920. The molecule has 0 bridgehead atoms. The average molecular weight is 306 g/mol. The second-order valence-electron chi connectivity index (χ2n) is 4.71. The summed E-state index contributed by atoms with van der Waals surface area (Å²) in [5.74, 6) is 0.949. The monoisotopic (exact) mass is 305 g/mol. The lowest BCUT2D eigenvalue weighted by Crippen LogP contribution is -2.08. The van der Waals surface area contributed by atoms with Crippen LogP contribution in [0.1, 0.15) is 32.3 Å². The van der Waals surface area contributed by atoms with Crippen LogP contribution in [-0.2, 0) is 6.42 Å². The van der Waals surface area contributed by atoms with Crippen LogP contribution in [0.25, 0.3) is 0 Å². The molecule has 0 aliphatic carbocycles. The van der Waals surface area contributed by atoms with Gasteiger partial charge in [0, 0.05) is 12.2 Å². The number of para-hydroxylation sites is 1. The lowest BCUT2D eigenvalue weighted by atomic mass is 10.1. The van der Waals surface area contributed by atoms with Gasteiger partial charge in [-0.15, -0.1) is 0 Å². The molecule has 1 aromatic carbocycles. The highest BCUT2D eigenvalue weighted by atomic mass is 35.5. The predicted molar refractivity (Wildman–Crippen MR) is 87.3 cm³/mol. The highest BCUT2D eigenvalue weighted by Gasteiger charge is 2.07. The maximum atomic E-state index is 5.95. The van der Waals surface area contributed by atoms with Crippen molar-refractivity contribution in [1.29, 1.82) is 0 Å². The molecule has 1 aromatic heterocycles. The van der Waals surface area contributed by atoms with Crippen LogP contribution in [0.3, 0.4) is 0 Å². The predicted octanol–water partition coefficient (Wildman–Crippen LogP) is 4.04. The third-order valence-corrected chi connectivity index (χ3v) is 3.09. The van der Waals surface area contributed by atoms with E-state index in [0.717, 1.165) is 31.5 Å². The van der Waals surface area contributed by atoms with Gasteiger partial charge in [0.15, 0.2) is 0 Å². The largest absolute Gasteiger partial charge is 0.354 e. The molecule has 2 aromatic rings. The lowest BCUT2D eigenvalue weighted by Gasteiger charge is -2.11. The van der Waals surface area contributed by atoms with E-state index in [1.807, 2.05) is 18.2 Å². The van der Waals surface area contributed by atoms with Crippen molar-refractivity contribution in [3.8, 4) is 0 Å². The normalized spacial score (nSPS) is 10.4. The Hall–Kier alpha value is -1.88. The number of nitrogens with zero attached hydrogens (tertiary/aromatic N) is 3. The molecular formula is C15H20ClN5. The summed E-state index contributed by atoms with van der Waals surface area (Å²) in [5, 5.41) is 6.52. The van der Waals surface area contributed by atoms with Crippen molar-refractivity contribution >= 4 is 29.2 Å². The fourth-order valence-corrected chi connectivity index (χ4v) is 2.13. The summed E-state index contributed by atoms with van der Waals surface area (Å²) in [6, 6.07) is 8.14. The topological polar surface area (TPSA) is 62.7 Å². The van der Waals surface area contributed by atoms with Crippen LogP contribution in [0, 0.1) is 0 Å². The standard InChI is InChI=1S/C15H20ClN5/c1-3-7-11-8-5-6-9-12(11)18-15-20-13(16)19-14(21-15)17-10-4-2/h5-6,8-9H,3-4,7,10H2,1-2H3,(H2,17,18,19,20,21). The van der Waals surface area contributed by atoms with E-state index >= 15 is 0 Å². The zero-order valence-electron chi connectivity index (χ0n) is 12.4. The Kier molecular flexibility index (Phi) is 5.75. The number of aryl methyl sites for hydroxylation is 1. The van der Waals surface area contributed by atoms with Gasteiger partial charge in [-0.25, -0.2) is 0 Å². The first-order valence-corrected chi connectivity index (χ1v) is 7.61. The minimum Gasteiger partial charge on any atom is -0.354 e. The number of benzene rings is 1. The summed E-state index contributed by atoms with van der Waals surface area (Å²) < 4.78 is 0. The summed E-state index contributed by atoms with van der Waals surface area (Å²) in [7, 11) is 0. The average Bonchev–Trinajstić information content (AvgIpc) is 2.47. The minimum absolute atomic E-state index is 0.180. The maximum Gasteiger partial charge on any atom is 0.233 e. The highest BCUT2D eigenvalue weighted by Crippen LogP contribution is 2.21. The molecule has 5 nitrogen and oxygen atoms in total. The zero-order chi connectivity index (χ0) is 15.1. The molecule has 6 heteroatoms. The number of rotatable bonds is 7.